The highest BCUT2D eigenvalue weighted by Crippen LogP contribution is 2.40. The van der Waals surface area contributed by atoms with Crippen LogP contribution in [-0.2, 0) is 10.2 Å². The lowest BCUT2D eigenvalue weighted by Crippen LogP contribution is -2.42. The summed E-state index contributed by atoms with van der Waals surface area (Å²) in [7, 11) is 0. The van der Waals surface area contributed by atoms with Gasteiger partial charge in [0.05, 0.1) is 0 Å². The van der Waals surface area contributed by atoms with E-state index in [2.05, 4.69) is 10.3 Å². The third-order valence-corrected chi connectivity index (χ3v) is 4.90. The fraction of sp³-hybridized carbons (Fsp3) is 0.0400. The van der Waals surface area contributed by atoms with E-state index >= 15 is 0 Å². The molecule has 1 aromatic heterocycles. The third kappa shape index (κ3) is 3.19. The van der Waals surface area contributed by atoms with Crippen LogP contribution in [0.25, 0.3) is 0 Å². The molecule has 3 heteroatoms. The average molecular weight is 364 g/mol. The summed E-state index contributed by atoms with van der Waals surface area (Å²) in [5.41, 5.74) is 2.48. The molecular weight excluding hydrogens is 344 g/mol. The highest BCUT2D eigenvalue weighted by molar-refractivity contribution is 6.04. The minimum absolute atomic E-state index is 0.109. The first-order valence-electron chi connectivity index (χ1n) is 9.20. The normalized spacial score (nSPS) is 11.0. The molecular formula is C25H20N2O. The molecule has 4 rings (SSSR count). The van der Waals surface area contributed by atoms with Gasteiger partial charge in [0.2, 0.25) is 5.91 Å². The molecule has 1 heterocycles. The summed E-state index contributed by atoms with van der Waals surface area (Å²) >= 11 is 0. The number of anilines is 1. The molecule has 1 N–H and O–H groups in total. The third-order valence-electron chi connectivity index (χ3n) is 4.90. The van der Waals surface area contributed by atoms with Gasteiger partial charge in [-0.1, -0.05) is 91.0 Å². The van der Waals surface area contributed by atoms with Gasteiger partial charge in [-0.25, -0.2) is 0 Å². The van der Waals surface area contributed by atoms with Gasteiger partial charge >= 0.3 is 0 Å². The maximum absolute atomic E-state index is 13.9. The van der Waals surface area contributed by atoms with Crippen molar-refractivity contribution >= 4 is 11.6 Å². The molecule has 0 unspecified atom stereocenters. The van der Waals surface area contributed by atoms with E-state index in [4.69, 9.17) is 0 Å². The molecule has 0 radical (unpaired) electrons. The van der Waals surface area contributed by atoms with E-state index < -0.39 is 5.41 Å². The summed E-state index contributed by atoms with van der Waals surface area (Å²) in [6, 6.07) is 33.3. The van der Waals surface area contributed by atoms with Crippen molar-refractivity contribution in [2.24, 2.45) is 0 Å². The molecule has 0 aliphatic rings. The molecule has 0 saturated carbocycles. The van der Waals surface area contributed by atoms with Crippen molar-refractivity contribution in [2.75, 3.05) is 5.32 Å². The average Bonchev–Trinajstić information content (AvgIpc) is 2.77. The van der Waals surface area contributed by atoms with Crippen molar-refractivity contribution in [2.45, 2.75) is 5.41 Å². The van der Waals surface area contributed by atoms with Crippen LogP contribution in [0.15, 0.2) is 116 Å². The quantitative estimate of drug-likeness (QED) is 0.503. The lowest BCUT2D eigenvalue weighted by molar-refractivity contribution is -0.119. The van der Waals surface area contributed by atoms with Crippen LogP contribution in [0.2, 0.25) is 0 Å². The molecule has 3 nitrogen and oxygen atoms in total. The first-order chi connectivity index (χ1) is 13.8. The summed E-state index contributed by atoms with van der Waals surface area (Å²) in [6.45, 7) is 0. The van der Waals surface area contributed by atoms with Crippen molar-refractivity contribution in [1.29, 1.82) is 0 Å². The first-order valence-corrected chi connectivity index (χ1v) is 9.20. The predicted molar refractivity (Wildman–Crippen MR) is 112 cm³/mol. The number of aromatic nitrogens is 1. The second-order valence-corrected chi connectivity index (χ2v) is 6.54. The molecule has 4 aromatic rings. The molecule has 136 valence electrons. The lowest BCUT2D eigenvalue weighted by atomic mass is 9.68. The fourth-order valence-electron chi connectivity index (χ4n) is 3.62. The van der Waals surface area contributed by atoms with Crippen LogP contribution >= 0.6 is 0 Å². The molecule has 0 spiro atoms. The van der Waals surface area contributed by atoms with Gasteiger partial charge in [0, 0.05) is 18.1 Å². The van der Waals surface area contributed by atoms with Crippen molar-refractivity contribution in [3.8, 4) is 0 Å². The van der Waals surface area contributed by atoms with Gasteiger partial charge in [-0.15, -0.1) is 0 Å². The van der Waals surface area contributed by atoms with Crippen molar-refractivity contribution < 1.29 is 4.79 Å². The Balaban J connectivity index is 1.97. The van der Waals surface area contributed by atoms with E-state index in [-0.39, 0.29) is 5.91 Å². The van der Waals surface area contributed by atoms with Crippen molar-refractivity contribution in [3.63, 3.8) is 0 Å². The molecule has 1 amide bonds. The van der Waals surface area contributed by atoms with Crippen LogP contribution in [0.5, 0.6) is 0 Å². The Morgan fingerprint density at radius 2 is 1.00 bits per heavy atom. The maximum Gasteiger partial charge on any atom is 0.244 e. The summed E-state index contributed by atoms with van der Waals surface area (Å²) in [5.74, 6) is -0.109. The molecule has 0 atom stereocenters. The number of carbonyl (C=O) groups excluding carboxylic acids is 1. The smallest absolute Gasteiger partial charge is 0.244 e. The van der Waals surface area contributed by atoms with Crippen LogP contribution < -0.4 is 5.32 Å². The van der Waals surface area contributed by atoms with Crippen LogP contribution in [0.4, 0.5) is 5.69 Å². The van der Waals surface area contributed by atoms with E-state index in [1.807, 2.05) is 91.0 Å². The van der Waals surface area contributed by atoms with Gasteiger partial charge in [-0.2, -0.15) is 0 Å². The molecule has 0 bridgehead atoms. The van der Waals surface area contributed by atoms with Crippen molar-refractivity contribution in [1.82, 2.24) is 4.98 Å². The summed E-state index contributed by atoms with van der Waals surface area (Å²) < 4.78 is 0. The minimum atomic E-state index is -0.979. The van der Waals surface area contributed by atoms with Crippen LogP contribution in [0, 0.1) is 0 Å². The second kappa shape index (κ2) is 7.89. The topological polar surface area (TPSA) is 42.0 Å². The number of hydrogen-bond donors (Lipinski definition) is 1. The van der Waals surface area contributed by atoms with Crippen LogP contribution in [0.1, 0.15) is 16.7 Å². The van der Waals surface area contributed by atoms with Gasteiger partial charge in [0.25, 0.3) is 0 Å². The Kier molecular flexibility index (Phi) is 4.98. The fourth-order valence-corrected chi connectivity index (χ4v) is 3.62. The largest absolute Gasteiger partial charge is 0.325 e. The summed E-state index contributed by atoms with van der Waals surface area (Å²) in [5, 5.41) is 3.10. The highest BCUT2D eigenvalue weighted by Gasteiger charge is 2.43. The standard InChI is InChI=1S/C25H20N2O/c28-24(27-23-16-18-26-19-17-23)25(20-10-4-1-5-11-20,21-12-6-2-7-13-21)22-14-8-3-9-15-22/h1-19H,(H,26,27,28). The zero-order valence-corrected chi connectivity index (χ0v) is 15.3. The van der Waals surface area contributed by atoms with Crippen LogP contribution in [-0.4, -0.2) is 10.9 Å². The zero-order chi connectivity index (χ0) is 19.2. The second-order valence-electron chi connectivity index (χ2n) is 6.54. The number of nitrogens with one attached hydrogen (secondary N) is 1. The molecule has 0 fully saturated rings. The zero-order valence-electron chi connectivity index (χ0n) is 15.3. The highest BCUT2D eigenvalue weighted by atomic mass is 16.2. The molecule has 0 aliphatic heterocycles. The van der Waals surface area contributed by atoms with E-state index in [0.29, 0.717) is 5.69 Å². The Hall–Kier alpha value is -3.72. The van der Waals surface area contributed by atoms with E-state index in [9.17, 15) is 4.79 Å². The van der Waals surface area contributed by atoms with Gasteiger partial charge < -0.3 is 5.32 Å². The minimum Gasteiger partial charge on any atom is -0.325 e. The predicted octanol–water partition coefficient (Wildman–Crippen LogP) is 5.05. The summed E-state index contributed by atoms with van der Waals surface area (Å²) in [4.78, 5) is 17.9. The van der Waals surface area contributed by atoms with Gasteiger partial charge in [0.1, 0.15) is 5.41 Å². The Morgan fingerprint density at radius 1 is 0.607 bits per heavy atom. The maximum atomic E-state index is 13.9. The SMILES string of the molecule is O=C(Nc1ccncc1)C(c1ccccc1)(c1ccccc1)c1ccccc1. The van der Waals surface area contributed by atoms with E-state index in [1.54, 1.807) is 24.5 Å². The van der Waals surface area contributed by atoms with Gasteiger partial charge in [-0.3, -0.25) is 9.78 Å². The lowest BCUT2D eigenvalue weighted by Gasteiger charge is -2.34. The molecule has 28 heavy (non-hydrogen) atoms. The van der Waals surface area contributed by atoms with Gasteiger partial charge in [-0.05, 0) is 28.8 Å². The number of rotatable bonds is 5. The Bertz CT molecular complexity index is 936. The number of pyridine rings is 1. The summed E-state index contributed by atoms with van der Waals surface area (Å²) in [6.07, 6.45) is 3.34. The van der Waals surface area contributed by atoms with E-state index in [0.717, 1.165) is 16.7 Å². The monoisotopic (exact) mass is 364 g/mol. The first kappa shape index (κ1) is 17.7. The van der Waals surface area contributed by atoms with Crippen LogP contribution in [0.3, 0.4) is 0 Å². The number of benzene rings is 3. The molecule has 0 aliphatic carbocycles. The van der Waals surface area contributed by atoms with Gasteiger partial charge in [0.15, 0.2) is 0 Å². The molecule has 0 saturated heterocycles. The number of nitrogens with zero attached hydrogens (tertiary/aromatic N) is 1. The molecule has 3 aromatic carbocycles. The number of amides is 1. The Morgan fingerprint density at radius 3 is 1.39 bits per heavy atom. The van der Waals surface area contributed by atoms with E-state index in [1.165, 1.54) is 0 Å². The Labute approximate surface area is 164 Å². The van der Waals surface area contributed by atoms with Crippen molar-refractivity contribution in [3.05, 3.63) is 132 Å². The number of hydrogen-bond acceptors (Lipinski definition) is 2. The number of carbonyl (C=O) groups is 1.